The number of piperidine rings is 1. The minimum atomic E-state index is 0.632. The van der Waals surface area contributed by atoms with Crippen LogP contribution in [0.1, 0.15) is 39.5 Å². The van der Waals surface area contributed by atoms with Crippen molar-refractivity contribution < 1.29 is 0 Å². The van der Waals surface area contributed by atoms with Gasteiger partial charge >= 0.3 is 0 Å². The second-order valence-corrected chi connectivity index (χ2v) is 6.68. The van der Waals surface area contributed by atoms with Crippen LogP contribution < -0.4 is 4.90 Å². The molecule has 0 N–H and O–H groups in total. The number of tetrazole rings is 1. The van der Waals surface area contributed by atoms with Crippen molar-refractivity contribution in [1.29, 1.82) is 0 Å². The van der Waals surface area contributed by atoms with Gasteiger partial charge in [-0.15, -0.1) is 14.8 Å². The van der Waals surface area contributed by atoms with Crippen LogP contribution in [0.15, 0.2) is 12.1 Å². The van der Waals surface area contributed by atoms with E-state index in [0.717, 1.165) is 18.9 Å². The summed E-state index contributed by atoms with van der Waals surface area (Å²) in [5.74, 6) is 0.976. The van der Waals surface area contributed by atoms with Gasteiger partial charge in [-0.25, -0.2) is 0 Å². The normalized spacial score (nSPS) is 30.3. The summed E-state index contributed by atoms with van der Waals surface area (Å²) in [6.07, 6.45) is 5.16. The van der Waals surface area contributed by atoms with E-state index in [2.05, 4.69) is 44.3 Å². The molecule has 4 heterocycles. The second kappa shape index (κ2) is 5.46. The van der Waals surface area contributed by atoms with E-state index in [0.29, 0.717) is 23.8 Å². The molecule has 0 aliphatic carbocycles. The summed E-state index contributed by atoms with van der Waals surface area (Å²) in [4.78, 5) is 5.11. The average Bonchev–Trinajstić information content (AvgIpc) is 3.13. The van der Waals surface area contributed by atoms with E-state index in [1.165, 1.54) is 30.3 Å². The summed E-state index contributed by atoms with van der Waals surface area (Å²) < 4.78 is 1.51. The van der Waals surface area contributed by atoms with Crippen molar-refractivity contribution in [3.8, 4) is 0 Å². The molecule has 3 atom stereocenters. The van der Waals surface area contributed by atoms with Crippen molar-refractivity contribution in [3.05, 3.63) is 12.1 Å². The molecule has 22 heavy (non-hydrogen) atoms. The second-order valence-electron chi connectivity index (χ2n) is 6.68. The highest BCUT2D eigenvalue weighted by Gasteiger charge is 2.35. The molecule has 2 aromatic rings. The maximum Gasteiger partial charge on any atom is 0.200 e. The first kappa shape index (κ1) is 13.9. The first-order chi connectivity index (χ1) is 10.7. The van der Waals surface area contributed by atoms with Crippen molar-refractivity contribution in [2.24, 2.45) is 0 Å². The fraction of sp³-hybridized carbons (Fsp3) is 0.733. The van der Waals surface area contributed by atoms with E-state index >= 15 is 0 Å². The molecule has 7 heteroatoms. The smallest absolute Gasteiger partial charge is 0.200 e. The molecule has 2 aliphatic rings. The quantitative estimate of drug-likeness (QED) is 0.834. The van der Waals surface area contributed by atoms with Crippen LogP contribution >= 0.6 is 0 Å². The van der Waals surface area contributed by atoms with Crippen LogP contribution in [0.25, 0.3) is 5.65 Å². The van der Waals surface area contributed by atoms with E-state index in [1.807, 2.05) is 12.1 Å². The summed E-state index contributed by atoms with van der Waals surface area (Å²) in [6.45, 7) is 6.85. The number of rotatable bonds is 2. The van der Waals surface area contributed by atoms with Crippen molar-refractivity contribution in [3.63, 3.8) is 0 Å². The molecule has 2 aromatic heterocycles. The monoisotopic (exact) mass is 301 g/mol. The maximum atomic E-state index is 4.55. The summed E-state index contributed by atoms with van der Waals surface area (Å²) in [7, 11) is 0. The Morgan fingerprint density at radius 3 is 2.73 bits per heavy atom. The molecule has 118 valence electrons. The largest absolute Gasteiger partial charge is 0.354 e. The topological polar surface area (TPSA) is 62.5 Å². The zero-order valence-electron chi connectivity index (χ0n) is 13.3. The number of aromatic nitrogens is 5. The van der Waals surface area contributed by atoms with Crippen molar-refractivity contribution in [2.45, 2.75) is 57.7 Å². The molecule has 0 spiro atoms. The van der Waals surface area contributed by atoms with Crippen LogP contribution in [0.2, 0.25) is 0 Å². The Balaban J connectivity index is 1.55. The van der Waals surface area contributed by atoms with Gasteiger partial charge in [0, 0.05) is 31.2 Å². The van der Waals surface area contributed by atoms with E-state index in [4.69, 9.17) is 0 Å². The first-order valence-corrected chi connectivity index (χ1v) is 8.30. The minimum absolute atomic E-state index is 0.632. The highest BCUT2D eigenvalue weighted by molar-refractivity contribution is 5.44. The molecule has 0 aromatic carbocycles. The van der Waals surface area contributed by atoms with E-state index in [1.54, 1.807) is 0 Å². The van der Waals surface area contributed by atoms with E-state index in [9.17, 15) is 0 Å². The van der Waals surface area contributed by atoms with Crippen LogP contribution in [-0.2, 0) is 0 Å². The Labute approximate surface area is 130 Å². The Kier molecular flexibility index (Phi) is 3.44. The van der Waals surface area contributed by atoms with Crippen LogP contribution in [0.3, 0.4) is 0 Å². The fourth-order valence-corrected chi connectivity index (χ4v) is 4.15. The third kappa shape index (κ3) is 2.33. The molecule has 2 fully saturated rings. The predicted octanol–water partition coefficient (Wildman–Crippen LogP) is 1.36. The van der Waals surface area contributed by atoms with E-state index < -0.39 is 0 Å². The highest BCUT2D eigenvalue weighted by atomic mass is 15.6. The Hall–Kier alpha value is -1.76. The summed E-state index contributed by atoms with van der Waals surface area (Å²) in [5.41, 5.74) is 0.694. The summed E-state index contributed by atoms with van der Waals surface area (Å²) >= 11 is 0. The first-order valence-electron chi connectivity index (χ1n) is 8.30. The average molecular weight is 301 g/mol. The molecule has 0 amide bonds. The van der Waals surface area contributed by atoms with E-state index in [-0.39, 0.29) is 0 Å². The lowest BCUT2D eigenvalue weighted by molar-refractivity contribution is 0.129. The molecule has 2 aliphatic heterocycles. The zero-order chi connectivity index (χ0) is 15.1. The Bertz CT molecular complexity index is 644. The number of nitrogens with zero attached hydrogens (tertiary/aromatic N) is 7. The Morgan fingerprint density at radius 1 is 1.09 bits per heavy atom. The lowest BCUT2D eigenvalue weighted by atomic mass is 10.0. The van der Waals surface area contributed by atoms with Gasteiger partial charge < -0.3 is 4.90 Å². The number of anilines is 1. The molecule has 2 saturated heterocycles. The molecule has 0 bridgehead atoms. The van der Waals surface area contributed by atoms with Gasteiger partial charge in [0.15, 0.2) is 11.5 Å². The number of likely N-dealkylation sites (tertiary alicyclic amines) is 1. The maximum absolute atomic E-state index is 4.55. The fourth-order valence-electron chi connectivity index (χ4n) is 4.15. The van der Waals surface area contributed by atoms with Gasteiger partial charge in [0.2, 0.25) is 0 Å². The van der Waals surface area contributed by atoms with Crippen molar-refractivity contribution >= 4 is 11.5 Å². The summed E-state index contributed by atoms with van der Waals surface area (Å²) in [5, 5.41) is 16.0. The highest BCUT2D eigenvalue weighted by Crippen LogP contribution is 2.30. The lowest BCUT2D eigenvalue weighted by Gasteiger charge is -2.41. The van der Waals surface area contributed by atoms with Gasteiger partial charge in [0.05, 0.1) is 0 Å². The SMILES string of the molecule is C[C@@H]1CC[C@@H](C)N1[C@@H]1CCCN(c2ccc3nnnn3n2)C1. The van der Waals surface area contributed by atoms with Crippen molar-refractivity contribution in [2.75, 3.05) is 18.0 Å². The lowest BCUT2D eigenvalue weighted by Crippen LogP contribution is -2.51. The van der Waals surface area contributed by atoms with Gasteiger partial charge in [-0.2, -0.15) is 0 Å². The van der Waals surface area contributed by atoms with Crippen LogP contribution in [0.5, 0.6) is 0 Å². The Morgan fingerprint density at radius 2 is 1.91 bits per heavy atom. The standard InChI is InChI=1S/C15H23N7/c1-11-5-6-12(2)21(11)13-4-3-9-20(10-13)15-8-7-14-16-18-19-22(14)17-15/h7-8,11-13H,3-6,9-10H2,1-2H3/t11-,12-,13-/m1/s1. The van der Waals surface area contributed by atoms with Crippen molar-refractivity contribution in [1.82, 2.24) is 30.2 Å². The van der Waals surface area contributed by atoms with Gasteiger partial charge in [0.1, 0.15) is 0 Å². The van der Waals surface area contributed by atoms with Gasteiger partial charge in [0.25, 0.3) is 0 Å². The molecule has 4 rings (SSSR count). The molecule has 0 radical (unpaired) electrons. The third-order valence-electron chi connectivity index (χ3n) is 5.22. The third-order valence-corrected chi connectivity index (χ3v) is 5.22. The number of fused-ring (bicyclic) bond motifs is 1. The molecular formula is C15H23N7. The molecular weight excluding hydrogens is 278 g/mol. The van der Waals surface area contributed by atoms with Gasteiger partial charge in [-0.05, 0) is 62.1 Å². The minimum Gasteiger partial charge on any atom is -0.354 e. The molecule has 7 nitrogen and oxygen atoms in total. The number of hydrogen-bond donors (Lipinski definition) is 0. The van der Waals surface area contributed by atoms with Gasteiger partial charge in [-0.3, -0.25) is 4.90 Å². The zero-order valence-corrected chi connectivity index (χ0v) is 13.3. The molecule has 0 saturated carbocycles. The van der Waals surface area contributed by atoms with Crippen LogP contribution in [-0.4, -0.2) is 61.4 Å². The number of hydrogen-bond acceptors (Lipinski definition) is 6. The van der Waals surface area contributed by atoms with Crippen LogP contribution in [0.4, 0.5) is 5.82 Å². The molecule has 0 unspecified atom stereocenters. The van der Waals surface area contributed by atoms with Gasteiger partial charge in [-0.1, -0.05) is 0 Å². The summed E-state index contributed by atoms with van der Waals surface area (Å²) in [6, 6.07) is 6.01. The predicted molar refractivity (Wildman–Crippen MR) is 83.8 cm³/mol. The van der Waals surface area contributed by atoms with Crippen LogP contribution in [0, 0.1) is 0 Å².